The van der Waals surface area contributed by atoms with Gasteiger partial charge in [0.2, 0.25) is 0 Å². The van der Waals surface area contributed by atoms with Gasteiger partial charge in [-0.05, 0) is 89.5 Å². The van der Waals surface area contributed by atoms with Crippen LogP contribution in [0.2, 0.25) is 0 Å². The van der Waals surface area contributed by atoms with Crippen LogP contribution in [0.5, 0.6) is 11.5 Å². The standard InChI is InChI=1S/C46H32N2O/c1-5-15-33(16-6-1)34-27-29-38(30-28-34)47(35-17-7-2-8-18-35)41-31-32-44-45-39(41)23-13-24-40(45)46-42(25-14-26-43(46)49-44)48(36-19-9-3-10-20-36)37-21-11-4-12-22-37/h1-32H. The van der Waals surface area contributed by atoms with Crippen molar-refractivity contribution in [2.24, 2.45) is 0 Å². The number of benzene rings is 8. The van der Waals surface area contributed by atoms with Crippen LogP contribution in [0.15, 0.2) is 194 Å². The Kier molecular flexibility index (Phi) is 7.14. The van der Waals surface area contributed by atoms with Crippen molar-refractivity contribution < 1.29 is 4.74 Å². The first-order valence-corrected chi connectivity index (χ1v) is 16.6. The van der Waals surface area contributed by atoms with Crippen molar-refractivity contribution in [1.82, 2.24) is 0 Å². The summed E-state index contributed by atoms with van der Waals surface area (Å²) in [6, 6.07) is 68.3. The molecule has 8 aromatic carbocycles. The molecule has 9 rings (SSSR count). The van der Waals surface area contributed by atoms with Crippen LogP contribution in [0, 0.1) is 0 Å². The SMILES string of the molecule is c1ccc(-c2ccc(N(c3ccccc3)c3ccc4c5c(cccc35)-c3c(cccc3N(c3ccccc3)c3ccccc3)O4)cc2)cc1. The van der Waals surface area contributed by atoms with E-state index in [1.165, 1.54) is 11.1 Å². The van der Waals surface area contributed by atoms with Crippen molar-refractivity contribution in [3.8, 4) is 33.8 Å². The third-order valence-electron chi connectivity index (χ3n) is 9.23. The summed E-state index contributed by atoms with van der Waals surface area (Å²) in [7, 11) is 0. The van der Waals surface area contributed by atoms with Gasteiger partial charge < -0.3 is 14.5 Å². The molecule has 0 spiro atoms. The van der Waals surface area contributed by atoms with Crippen molar-refractivity contribution in [3.63, 3.8) is 0 Å². The van der Waals surface area contributed by atoms with Gasteiger partial charge in [-0.15, -0.1) is 0 Å². The minimum absolute atomic E-state index is 0.846. The van der Waals surface area contributed by atoms with Gasteiger partial charge in [-0.25, -0.2) is 0 Å². The first-order chi connectivity index (χ1) is 24.3. The molecule has 0 aliphatic carbocycles. The summed E-state index contributed by atoms with van der Waals surface area (Å²) in [5.41, 5.74) is 11.1. The largest absolute Gasteiger partial charge is 0.456 e. The molecular weight excluding hydrogens is 597 g/mol. The maximum absolute atomic E-state index is 6.78. The summed E-state index contributed by atoms with van der Waals surface area (Å²) in [4.78, 5) is 4.67. The monoisotopic (exact) mass is 628 g/mol. The molecule has 1 aliphatic rings. The summed E-state index contributed by atoms with van der Waals surface area (Å²) < 4.78 is 6.78. The number of ether oxygens (including phenoxy) is 1. The van der Waals surface area contributed by atoms with Gasteiger partial charge in [0.25, 0.3) is 0 Å². The molecule has 8 aromatic rings. The molecule has 3 heteroatoms. The van der Waals surface area contributed by atoms with Crippen LogP contribution < -0.4 is 14.5 Å². The van der Waals surface area contributed by atoms with Gasteiger partial charge in [-0.1, -0.05) is 121 Å². The van der Waals surface area contributed by atoms with Crippen LogP contribution in [0.3, 0.4) is 0 Å². The fourth-order valence-corrected chi connectivity index (χ4v) is 7.05. The Bertz CT molecular complexity index is 2350. The van der Waals surface area contributed by atoms with E-state index in [2.05, 4.69) is 204 Å². The lowest BCUT2D eigenvalue weighted by Crippen LogP contribution is -2.13. The number of anilines is 6. The Hall–Kier alpha value is -6.58. The highest BCUT2D eigenvalue weighted by atomic mass is 16.5. The van der Waals surface area contributed by atoms with E-state index in [0.29, 0.717) is 0 Å². The predicted molar refractivity (Wildman–Crippen MR) is 204 cm³/mol. The quantitative estimate of drug-likeness (QED) is 0.175. The minimum atomic E-state index is 0.846. The summed E-state index contributed by atoms with van der Waals surface area (Å²) in [6.45, 7) is 0. The van der Waals surface area contributed by atoms with E-state index in [0.717, 1.165) is 67.5 Å². The highest BCUT2D eigenvalue weighted by molar-refractivity contribution is 6.13. The molecule has 0 fully saturated rings. The molecule has 0 amide bonds. The summed E-state index contributed by atoms with van der Waals surface area (Å²) >= 11 is 0. The molecule has 49 heavy (non-hydrogen) atoms. The van der Waals surface area contributed by atoms with Crippen molar-refractivity contribution in [3.05, 3.63) is 194 Å². The highest BCUT2D eigenvalue weighted by Crippen LogP contribution is 2.54. The fourth-order valence-electron chi connectivity index (χ4n) is 7.05. The third kappa shape index (κ3) is 5.09. The van der Waals surface area contributed by atoms with Gasteiger partial charge in [-0.2, -0.15) is 0 Å². The first-order valence-electron chi connectivity index (χ1n) is 16.6. The van der Waals surface area contributed by atoms with Crippen LogP contribution in [0.1, 0.15) is 0 Å². The lowest BCUT2D eigenvalue weighted by molar-refractivity contribution is 0.487. The molecule has 0 unspecified atom stereocenters. The molecule has 0 bridgehead atoms. The number of para-hydroxylation sites is 3. The smallest absolute Gasteiger partial charge is 0.137 e. The second-order valence-corrected chi connectivity index (χ2v) is 12.2. The van der Waals surface area contributed by atoms with E-state index in [1.54, 1.807) is 0 Å². The van der Waals surface area contributed by atoms with Gasteiger partial charge in [0.05, 0.1) is 11.4 Å². The van der Waals surface area contributed by atoms with Gasteiger partial charge >= 0.3 is 0 Å². The molecule has 3 nitrogen and oxygen atoms in total. The van der Waals surface area contributed by atoms with Crippen molar-refractivity contribution in [2.75, 3.05) is 9.80 Å². The summed E-state index contributed by atoms with van der Waals surface area (Å²) in [5, 5.41) is 2.22. The second-order valence-electron chi connectivity index (χ2n) is 12.2. The second kappa shape index (κ2) is 12.2. The van der Waals surface area contributed by atoms with Gasteiger partial charge in [-0.3, -0.25) is 0 Å². The molecule has 0 saturated carbocycles. The number of nitrogens with zero attached hydrogens (tertiary/aromatic N) is 2. The van der Waals surface area contributed by atoms with Crippen molar-refractivity contribution in [2.45, 2.75) is 0 Å². The summed E-state index contributed by atoms with van der Waals surface area (Å²) in [5.74, 6) is 1.70. The van der Waals surface area contributed by atoms with E-state index in [-0.39, 0.29) is 0 Å². The lowest BCUT2D eigenvalue weighted by atomic mass is 9.91. The number of hydrogen-bond donors (Lipinski definition) is 0. The van der Waals surface area contributed by atoms with Gasteiger partial charge in [0.15, 0.2) is 0 Å². The molecule has 1 aliphatic heterocycles. The van der Waals surface area contributed by atoms with E-state index in [1.807, 2.05) is 0 Å². The van der Waals surface area contributed by atoms with Gasteiger partial charge in [0, 0.05) is 39.1 Å². The molecule has 0 aromatic heterocycles. The normalized spacial score (nSPS) is 11.4. The van der Waals surface area contributed by atoms with E-state index >= 15 is 0 Å². The number of rotatable bonds is 7. The zero-order valence-corrected chi connectivity index (χ0v) is 26.8. The Balaban J connectivity index is 1.24. The predicted octanol–water partition coefficient (Wildman–Crippen LogP) is 13.2. The van der Waals surface area contributed by atoms with Crippen LogP contribution in [-0.4, -0.2) is 0 Å². The van der Waals surface area contributed by atoms with Crippen molar-refractivity contribution in [1.29, 1.82) is 0 Å². The van der Waals surface area contributed by atoms with Crippen LogP contribution in [0.25, 0.3) is 33.0 Å². The van der Waals surface area contributed by atoms with Crippen LogP contribution in [0.4, 0.5) is 34.1 Å². The zero-order chi connectivity index (χ0) is 32.6. The minimum Gasteiger partial charge on any atom is -0.456 e. The maximum atomic E-state index is 6.78. The molecule has 232 valence electrons. The lowest BCUT2D eigenvalue weighted by Gasteiger charge is -2.32. The van der Waals surface area contributed by atoms with Crippen LogP contribution in [-0.2, 0) is 0 Å². The molecular formula is C46H32N2O. The molecule has 0 saturated heterocycles. The Morgan fingerprint density at radius 3 is 1.45 bits per heavy atom. The Labute approximate surface area is 286 Å². The highest BCUT2D eigenvalue weighted by Gasteiger charge is 2.28. The average Bonchev–Trinajstić information content (AvgIpc) is 3.18. The molecule has 0 atom stereocenters. The summed E-state index contributed by atoms with van der Waals surface area (Å²) in [6.07, 6.45) is 0. The van der Waals surface area contributed by atoms with E-state index < -0.39 is 0 Å². The Morgan fingerprint density at radius 2 is 0.837 bits per heavy atom. The zero-order valence-electron chi connectivity index (χ0n) is 26.8. The van der Waals surface area contributed by atoms with E-state index in [4.69, 9.17) is 4.74 Å². The number of hydrogen-bond acceptors (Lipinski definition) is 3. The van der Waals surface area contributed by atoms with Crippen molar-refractivity contribution >= 4 is 44.9 Å². The fraction of sp³-hybridized carbons (Fsp3) is 0. The maximum Gasteiger partial charge on any atom is 0.137 e. The third-order valence-corrected chi connectivity index (χ3v) is 9.23. The van der Waals surface area contributed by atoms with E-state index in [9.17, 15) is 0 Å². The van der Waals surface area contributed by atoms with Gasteiger partial charge in [0.1, 0.15) is 11.5 Å². The molecule has 0 radical (unpaired) electrons. The molecule has 0 N–H and O–H groups in total. The number of fused-ring (bicyclic) bond motifs is 2. The Morgan fingerprint density at radius 1 is 0.327 bits per heavy atom. The first kappa shape index (κ1) is 28.6. The molecule has 1 heterocycles. The average molecular weight is 629 g/mol. The van der Waals surface area contributed by atoms with Crippen LogP contribution >= 0.6 is 0 Å². The topological polar surface area (TPSA) is 15.7 Å².